The lowest BCUT2D eigenvalue weighted by Gasteiger charge is -2.34. The molecule has 2 fully saturated rings. The van der Waals surface area contributed by atoms with E-state index in [9.17, 15) is 13.6 Å². The van der Waals surface area contributed by atoms with Crippen molar-refractivity contribution < 1.29 is 18.3 Å². The van der Waals surface area contributed by atoms with E-state index in [2.05, 4.69) is 10.2 Å². The van der Waals surface area contributed by atoms with Crippen LogP contribution in [0.5, 0.6) is 0 Å². The zero-order valence-electron chi connectivity index (χ0n) is 12.4. The number of hydrogen-bond donors (Lipinski definition) is 1. The molecule has 3 rings (SSSR count). The van der Waals surface area contributed by atoms with Crippen molar-refractivity contribution in [3.63, 3.8) is 0 Å². The molecule has 2 aliphatic rings. The highest BCUT2D eigenvalue weighted by Crippen LogP contribution is 2.20. The Kier molecular flexibility index (Phi) is 4.69. The van der Waals surface area contributed by atoms with Crippen LogP contribution in [0.3, 0.4) is 0 Å². The van der Waals surface area contributed by atoms with Crippen LogP contribution in [0.4, 0.5) is 8.78 Å². The van der Waals surface area contributed by atoms with E-state index in [-0.39, 0.29) is 12.1 Å². The summed E-state index contributed by atoms with van der Waals surface area (Å²) in [6.07, 6.45) is 3.50. The zero-order chi connectivity index (χ0) is 15.5. The van der Waals surface area contributed by atoms with Crippen LogP contribution in [0.2, 0.25) is 0 Å². The monoisotopic (exact) mass is 310 g/mol. The van der Waals surface area contributed by atoms with E-state index in [1.54, 1.807) is 0 Å². The summed E-state index contributed by atoms with van der Waals surface area (Å²) in [5, 5.41) is 2.74. The maximum absolute atomic E-state index is 13.7. The van der Waals surface area contributed by atoms with Gasteiger partial charge in [0.15, 0.2) is 0 Å². The number of nitrogens with zero attached hydrogens (tertiary/aromatic N) is 1. The second kappa shape index (κ2) is 6.71. The Morgan fingerprint density at radius 1 is 1.14 bits per heavy atom. The molecule has 22 heavy (non-hydrogen) atoms. The molecule has 2 saturated heterocycles. The Morgan fingerprint density at radius 2 is 1.82 bits per heavy atom. The summed E-state index contributed by atoms with van der Waals surface area (Å²) in [4.78, 5) is 14.5. The Morgan fingerprint density at radius 3 is 2.50 bits per heavy atom. The molecule has 1 N–H and O–H groups in total. The van der Waals surface area contributed by atoms with Crippen molar-refractivity contribution in [2.24, 2.45) is 0 Å². The summed E-state index contributed by atoms with van der Waals surface area (Å²) < 4.78 is 32.8. The molecular formula is C16H20F2N2O2. The van der Waals surface area contributed by atoms with E-state index in [1.165, 1.54) is 12.5 Å². The average Bonchev–Trinajstić information content (AvgIpc) is 2.96. The largest absolute Gasteiger partial charge is 0.378 e. The summed E-state index contributed by atoms with van der Waals surface area (Å²) in [6.45, 7) is 2.89. The van der Waals surface area contributed by atoms with E-state index < -0.39 is 23.1 Å². The van der Waals surface area contributed by atoms with Gasteiger partial charge < -0.3 is 10.1 Å². The van der Waals surface area contributed by atoms with Crippen LogP contribution in [-0.2, 0) is 4.74 Å². The fourth-order valence-electron chi connectivity index (χ4n) is 3.25. The number of nitrogens with one attached hydrogen (secondary N) is 1. The molecular weight excluding hydrogens is 290 g/mol. The lowest BCUT2D eigenvalue weighted by molar-refractivity contribution is 0.0891. The fourth-order valence-corrected chi connectivity index (χ4v) is 3.25. The lowest BCUT2D eigenvalue weighted by Crippen LogP contribution is -2.52. The smallest absolute Gasteiger partial charge is 0.257 e. The number of carbonyl (C=O) groups excluding carboxylic acids is 1. The van der Waals surface area contributed by atoms with Crippen molar-refractivity contribution in [1.29, 1.82) is 0 Å². The number of amides is 1. The first-order chi connectivity index (χ1) is 10.7. The van der Waals surface area contributed by atoms with Crippen molar-refractivity contribution in [2.75, 3.05) is 26.3 Å². The topological polar surface area (TPSA) is 41.6 Å². The highest BCUT2D eigenvalue weighted by atomic mass is 19.1. The van der Waals surface area contributed by atoms with E-state index in [4.69, 9.17) is 4.74 Å². The maximum atomic E-state index is 13.7. The minimum absolute atomic E-state index is 0.0825. The molecule has 1 amide bonds. The molecule has 1 aromatic rings. The van der Waals surface area contributed by atoms with Crippen LogP contribution in [0, 0.1) is 11.6 Å². The van der Waals surface area contributed by atoms with E-state index >= 15 is 0 Å². The molecule has 4 nitrogen and oxygen atoms in total. The van der Waals surface area contributed by atoms with Crippen molar-refractivity contribution in [2.45, 2.75) is 31.3 Å². The van der Waals surface area contributed by atoms with Crippen LogP contribution >= 0.6 is 0 Å². The minimum atomic E-state index is -0.842. The molecule has 2 heterocycles. The maximum Gasteiger partial charge on any atom is 0.257 e. The van der Waals surface area contributed by atoms with Crippen LogP contribution in [0.15, 0.2) is 18.2 Å². The van der Waals surface area contributed by atoms with Gasteiger partial charge in [0.25, 0.3) is 5.91 Å². The van der Waals surface area contributed by atoms with Gasteiger partial charge >= 0.3 is 0 Å². The molecule has 2 aliphatic heterocycles. The third-order valence-electron chi connectivity index (χ3n) is 4.42. The molecule has 0 unspecified atom stereocenters. The number of hydrogen-bond acceptors (Lipinski definition) is 3. The summed E-state index contributed by atoms with van der Waals surface area (Å²) in [5.41, 5.74) is -0.521. The summed E-state index contributed by atoms with van der Waals surface area (Å²) >= 11 is 0. The Hall–Kier alpha value is -1.53. The first-order valence-electron chi connectivity index (χ1n) is 7.73. The second-order valence-electron chi connectivity index (χ2n) is 5.88. The number of halogens is 2. The number of ether oxygens (including phenoxy) is 1. The van der Waals surface area contributed by atoms with E-state index in [1.807, 2.05) is 0 Å². The number of benzene rings is 1. The predicted molar refractivity (Wildman–Crippen MR) is 77.6 cm³/mol. The van der Waals surface area contributed by atoms with Crippen molar-refractivity contribution in [3.8, 4) is 0 Å². The van der Waals surface area contributed by atoms with E-state index in [0.717, 1.165) is 38.1 Å². The second-order valence-corrected chi connectivity index (χ2v) is 5.88. The SMILES string of the molecule is O=C(N[C@H]1COC[C@@H]1N1CCCCC1)c1c(F)cccc1F. The summed E-state index contributed by atoms with van der Waals surface area (Å²) in [5.74, 6) is -2.40. The van der Waals surface area contributed by atoms with Crippen LogP contribution in [0.25, 0.3) is 0 Å². The summed E-state index contributed by atoms with van der Waals surface area (Å²) in [6, 6.07) is 3.27. The molecule has 0 bridgehead atoms. The van der Waals surface area contributed by atoms with Gasteiger partial charge in [-0.1, -0.05) is 12.5 Å². The molecule has 1 aromatic carbocycles. The van der Waals surface area contributed by atoms with Gasteiger partial charge in [0.2, 0.25) is 0 Å². The van der Waals surface area contributed by atoms with Gasteiger partial charge in [0, 0.05) is 0 Å². The zero-order valence-corrected chi connectivity index (χ0v) is 12.4. The van der Waals surface area contributed by atoms with Gasteiger partial charge in [0.05, 0.1) is 25.3 Å². The van der Waals surface area contributed by atoms with Gasteiger partial charge in [0.1, 0.15) is 17.2 Å². The number of piperidine rings is 1. The predicted octanol–water partition coefficient (Wildman–Crippen LogP) is 1.95. The molecule has 6 heteroatoms. The first kappa shape index (κ1) is 15.4. The molecule has 120 valence electrons. The van der Waals surface area contributed by atoms with Crippen molar-refractivity contribution in [1.82, 2.24) is 10.2 Å². The standard InChI is InChI=1S/C16H20F2N2O2/c17-11-5-4-6-12(18)15(11)16(21)19-13-9-22-10-14(13)20-7-2-1-3-8-20/h4-6,13-14H,1-3,7-10H2,(H,19,21)/t13-,14-/m0/s1. The summed E-state index contributed by atoms with van der Waals surface area (Å²) in [7, 11) is 0. The molecule has 2 atom stereocenters. The highest BCUT2D eigenvalue weighted by Gasteiger charge is 2.35. The van der Waals surface area contributed by atoms with Crippen molar-refractivity contribution in [3.05, 3.63) is 35.4 Å². The van der Waals surface area contributed by atoms with Gasteiger partial charge in [-0.2, -0.15) is 0 Å². The van der Waals surface area contributed by atoms with Gasteiger partial charge in [-0.15, -0.1) is 0 Å². The number of likely N-dealkylation sites (tertiary alicyclic amines) is 1. The quantitative estimate of drug-likeness (QED) is 0.928. The lowest BCUT2D eigenvalue weighted by atomic mass is 10.0. The molecule has 0 saturated carbocycles. The average molecular weight is 310 g/mol. The molecule has 0 aliphatic carbocycles. The molecule has 0 spiro atoms. The van der Waals surface area contributed by atoms with Gasteiger partial charge in [-0.25, -0.2) is 8.78 Å². The highest BCUT2D eigenvalue weighted by molar-refractivity contribution is 5.95. The van der Waals surface area contributed by atoms with E-state index in [0.29, 0.717) is 13.2 Å². The Labute approximate surface area is 128 Å². The number of rotatable bonds is 3. The van der Waals surface area contributed by atoms with Gasteiger partial charge in [-0.05, 0) is 38.1 Å². The fraction of sp³-hybridized carbons (Fsp3) is 0.562. The minimum Gasteiger partial charge on any atom is -0.378 e. The molecule has 0 aromatic heterocycles. The normalized spacial score (nSPS) is 26.1. The van der Waals surface area contributed by atoms with Gasteiger partial charge in [-0.3, -0.25) is 9.69 Å². The molecule has 0 radical (unpaired) electrons. The third-order valence-corrected chi connectivity index (χ3v) is 4.42. The Bertz CT molecular complexity index is 527. The number of carbonyl (C=O) groups is 1. The van der Waals surface area contributed by atoms with Crippen LogP contribution < -0.4 is 5.32 Å². The first-order valence-corrected chi connectivity index (χ1v) is 7.73. The Balaban J connectivity index is 1.70. The van der Waals surface area contributed by atoms with Crippen molar-refractivity contribution >= 4 is 5.91 Å². The third kappa shape index (κ3) is 3.13. The van der Waals surface area contributed by atoms with Crippen LogP contribution in [-0.4, -0.2) is 49.2 Å². The van der Waals surface area contributed by atoms with Crippen LogP contribution in [0.1, 0.15) is 29.6 Å².